The number of aromatic nitrogens is 2. The second kappa shape index (κ2) is 4.76. The number of rotatable bonds is 1. The maximum Gasteiger partial charge on any atom is 0.140 e. The number of hydrogen-bond acceptors (Lipinski definition) is 1. The zero-order chi connectivity index (χ0) is 13.6. The predicted molar refractivity (Wildman–Crippen MR) is 85.5 cm³/mol. The zero-order valence-corrected chi connectivity index (χ0v) is 13.8. The fourth-order valence-corrected chi connectivity index (χ4v) is 3.15. The van der Waals surface area contributed by atoms with Crippen molar-refractivity contribution in [3.8, 4) is 11.3 Å². The Morgan fingerprint density at radius 3 is 2.37 bits per heavy atom. The highest BCUT2D eigenvalue weighted by atomic mass is 79.9. The highest BCUT2D eigenvalue weighted by Gasteiger charge is 2.12. The van der Waals surface area contributed by atoms with E-state index in [4.69, 9.17) is 0 Å². The summed E-state index contributed by atoms with van der Waals surface area (Å²) in [5.41, 5.74) is 5.54. The van der Waals surface area contributed by atoms with Gasteiger partial charge in [-0.05, 0) is 53.5 Å². The molecule has 0 fully saturated rings. The number of nitrogens with zero attached hydrogens (tertiary/aromatic N) is 2. The Kier molecular flexibility index (Phi) is 3.23. The van der Waals surface area contributed by atoms with Crippen molar-refractivity contribution in [1.29, 1.82) is 0 Å². The van der Waals surface area contributed by atoms with Crippen LogP contribution in [0.4, 0.5) is 0 Å². The van der Waals surface area contributed by atoms with E-state index in [0.29, 0.717) is 0 Å². The lowest BCUT2D eigenvalue weighted by molar-refractivity contribution is 1.15. The van der Waals surface area contributed by atoms with Crippen LogP contribution in [-0.2, 0) is 0 Å². The summed E-state index contributed by atoms with van der Waals surface area (Å²) in [7, 11) is 0. The molecule has 0 bridgehead atoms. The van der Waals surface area contributed by atoms with Crippen molar-refractivity contribution in [3.63, 3.8) is 0 Å². The number of halogens is 2. The monoisotopic (exact) mass is 378 g/mol. The Morgan fingerprint density at radius 2 is 1.68 bits per heavy atom. The molecule has 4 heteroatoms. The molecule has 0 aliphatic heterocycles. The smallest absolute Gasteiger partial charge is 0.140 e. The van der Waals surface area contributed by atoms with Gasteiger partial charge in [-0.15, -0.1) is 0 Å². The third kappa shape index (κ3) is 2.23. The van der Waals surface area contributed by atoms with Crippen molar-refractivity contribution in [3.05, 3.63) is 56.7 Å². The molecule has 3 rings (SSSR count). The van der Waals surface area contributed by atoms with E-state index in [-0.39, 0.29) is 0 Å². The molecule has 0 radical (unpaired) electrons. The summed E-state index contributed by atoms with van der Waals surface area (Å²) < 4.78 is 4.30. The number of hydrogen-bond donors (Lipinski definition) is 0. The molecule has 0 atom stereocenters. The third-order valence-corrected chi connectivity index (χ3v) is 4.12. The molecule has 0 unspecified atom stereocenters. The van der Waals surface area contributed by atoms with Gasteiger partial charge in [-0.3, -0.25) is 4.40 Å². The molecule has 0 spiro atoms. The molecule has 2 aromatic heterocycles. The lowest BCUT2D eigenvalue weighted by Crippen LogP contribution is -1.91. The van der Waals surface area contributed by atoms with Crippen LogP contribution in [-0.4, -0.2) is 9.38 Å². The molecule has 0 aliphatic rings. The molecule has 0 aliphatic carbocycles. The van der Waals surface area contributed by atoms with Crippen molar-refractivity contribution >= 4 is 37.5 Å². The number of benzene rings is 1. The van der Waals surface area contributed by atoms with Crippen LogP contribution < -0.4 is 0 Å². The van der Waals surface area contributed by atoms with Crippen molar-refractivity contribution < 1.29 is 0 Å². The number of aryl methyl sites for hydroxylation is 2. The number of pyridine rings is 1. The van der Waals surface area contributed by atoms with Gasteiger partial charge in [-0.25, -0.2) is 4.98 Å². The molecule has 0 saturated heterocycles. The van der Waals surface area contributed by atoms with E-state index in [2.05, 4.69) is 91.6 Å². The summed E-state index contributed by atoms with van der Waals surface area (Å²) in [5, 5.41) is 0. The molecule has 0 saturated carbocycles. The summed E-state index contributed by atoms with van der Waals surface area (Å²) in [6, 6.07) is 10.4. The van der Waals surface area contributed by atoms with Gasteiger partial charge in [0.15, 0.2) is 0 Å². The van der Waals surface area contributed by atoms with E-state index in [1.807, 2.05) is 0 Å². The van der Waals surface area contributed by atoms with E-state index < -0.39 is 0 Å². The van der Waals surface area contributed by atoms with Crippen molar-refractivity contribution in [2.75, 3.05) is 0 Å². The van der Waals surface area contributed by atoms with Gasteiger partial charge in [0, 0.05) is 20.7 Å². The maximum atomic E-state index is 4.68. The lowest BCUT2D eigenvalue weighted by Gasteiger charge is -2.05. The van der Waals surface area contributed by atoms with E-state index in [1.54, 1.807) is 0 Å². The van der Waals surface area contributed by atoms with Gasteiger partial charge in [0.05, 0.1) is 11.4 Å². The van der Waals surface area contributed by atoms with Crippen LogP contribution in [0.2, 0.25) is 0 Å². The minimum absolute atomic E-state index is 1.01. The molecule has 2 heterocycles. The second-order valence-corrected chi connectivity index (χ2v) is 6.42. The first-order chi connectivity index (χ1) is 9.06. The molecule has 96 valence electrons. The number of imidazole rings is 1. The van der Waals surface area contributed by atoms with Gasteiger partial charge in [-0.1, -0.05) is 28.1 Å². The van der Waals surface area contributed by atoms with Gasteiger partial charge >= 0.3 is 0 Å². The van der Waals surface area contributed by atoms with E-state index >= 15 is 0 Å². The van der Waals surface area contributed by atoms with Crippen LogP contribution in [0.25, 0.3) is 16.9 Å². The average molecular weight is 380 g/mol. The fraction of sp³-hybridized carbons (Fsp3) is 0.133. The molecule has 0 amide bonds. The van der Waals surface area contributed by atoms with E-state index in [1.165, 1.54) is 11.1 Å². The van der Waals surface area contributed by atoms with Gasteiger partial charge in [0.2, 0.25) is 0 Å². The van der Waals surface area contributed by atoms with E-state index in [9.17, 15) is 0 Å². The lowest BCUT2D eigenvalue weighted by atomic mass is 10.1. The quantitative estimate of drug-likeness (QED) is 0.571. The minimum atomic E-state index is 1.01. The Balaban J connectivity index is 2.34. The van der Waals surface area contributed by atoms with Crippen LogP contribution in [0.15, 0.2) is 45.5 Å². The highest BCUT2D eigenvalue weighted by Crippen LogP contribution is 2.28. The highest BCUT2D eigenvalue weighted by molar-refractivity contribution is 9.10. The van der Waals surface area contributed by atoms with Crippen LogP contribution in [0, 0.1) is 13.8 Å². The van der Waals surface area contributed by atoms with Crippen LogP contribution in [0.1, 0.15) is 11.3 Å². The first-order valence-electron chi connectivity index (χ1n) is 5.97. The topological polar surface area (TPSA) is 17.3 Å². The molecule has 19 heavy (non-hydrogen) atoms. The molecule has 3 aromatic rings. The van der Waals surface area contributed by atoms with Gasteiger partial charge in [0.25, 0.3) is 0 Å². The third-order valence-electron chi connectivity index (χ3n) is 3.16. The Hall–Kier alpha value is -1.13. The first-order valence-corrected chi connectivity index (χ1v) is 7.55. The standard InChI is InChI=1S/C15H12Br2N2/c1-9-7-13(17)8-19-14(10(2)18-15(9)19)11-3-5-12(16)6-4-11/h3-8H,1-2H3. The summed E-state index contributed by atoms with van der Waals surface area (Å²) >= 11 is 7.03. The molecule has 1 aromatic carbocycles. The van der Waals surface area contributed by atoms with Crippen LogP contribution >= 0.6 is 31.9 Å². The minimum Gasteiger partial charge on any atom is -0.298 e. The molecule has 2 nitrogen and oxygen atoms in total. The van der Waals surface area contributed by atoms with Crippen LogP contribution in [0.3, 0.4) is 0 Å². The van der Waals surface area contributed by atoms with Crippen LogP contribution in [0.5, 0.6) is 0 Å². The van der Waals surface area contributed by atoms with Crippen molar-refractivity contribution in [2.45, 2.75) is 13.8 Å². The predicted octanol–water partition coefficient (Wildman–Crippen LogP) is 5.14. The Morgan fingerprint density at radius 1 is 1.00 bits per heavy atom. The summed E-state index contributed by atoms with van der Waals surface area (Å²) in [6.07, 6.45) is 2.07. The summed E-state index contributed by atoms with van der Waals surface area (Å²) in [4.78, 5) is 4.68. The maximum absolute atomic E-state index is 4.68. The summed E-state index contributed by atoms with van der Waals surface area (Å²) in [6.45, 7) is 4.13. The SMILES string of the molecule is Cc1nc2c(C)cc(Br)cn2c1-c1ccc(Br)cc1. The van der Waals surface area contributed by atoms with Gasteiger partial charge in [-0.2, -0.15) is 0 Å². The Labute approximate surface area is 128 Å². The average Bonchev–Trinajstić information content (AvgIpc) is 2.67. The van der Waals surface area contributed by atoms with E-state index in [0.717, 1.165) is 26.0 Å². The van der Waals surface area contributed by atoms with Gasteiger partial charge in [0.1, 0.15) is 5.65 Å². The molecule has 0 N–H and O–H groups in total. The molecular formula is C15H12Br2N2. The van der Waals surface area contributed by atoms with Crippen molar-refractivity contribution in [1.82, 2.24) is 9.38 Å². The zero-order valence-electron chi connectivity index (χ0n) is 10.6. The fourth-order valence-electron chi connectivity index (χ4n) is 2.34. The molecular weight excluding hydrogens is 368 g/mol. The second-order valence-electron chi connectivity index (χ2n) is 4.59. The normalized spacial score (nSPS) is 11.2. The first kappa shape index (κ1) is 12.9. The largest absolute Gasteiger partial charge is 0.298 e. The number of fused-ring (bicyclic) bond motifs is 1. The van der Waals surface area contributed by atoms with Crippen molar-refractivity contribution in [2.24, 2.45) is 0 Å². The summed E-state index contributed by atoms with van der Waals surface area (Å²) in [5.74, 6) is 0. The Bertz CT molecular complexity index is 758. The van der Waals surface area contributed by atoms with Gasteiger partial charge < -0.3 is 0 Å².